The molecule has 0 saturated carbocycles. The van der Waals surface area contributed by atoms with Gasteiger partial charge in [-0.05, 0) is 50.6 Å². The van der Waals surface area contributed by atoms with Crippen LogP contribution in [0, 0.1) is 5.82 Å². The molecule has 3 N–H and O–H groups in total. The average Bonchev–Trinajstić information content (AvgIpc) is 3.22. The van der Waals surface area contributed by atoms with E-state index < -0.39 is 38.6 Å². The van der Waals surface area contributed by atoms with Crippen molar-refractivity contribution in [3.8, 4) is 0 Å². The number of rotatable bonds is 6. The Morgan fingerprint density at radius 1 is 1.32 bits per heavy atom. The van der Waals surface area contributed by atoms with Gasteiger partial charge >= 0.3 is 6.09 Å². The van der Waals surface area contributed by atoms with Crippen molar-refractivity contribution in [2.75, 3.05) is 9.62 Å². The lowest BCUT2D eigenvalue weighted by molar-refractivity contribution is 0.0608. The van der Waals surface area contributed by atoms with Crippen LogP contribution < -0.4 is 15.4 Å². The number of amides is 1. The first kappa shape index (κ1) is 26.4. The fraction of sp³-hybridized carbons (Fsp3) is 0.238. The van der Waals surface area contributed by atoms with Crippen LogP contribution >= 0.6 is 38.9 Å². The second kappa shape index (κ2) is 10.2. The van der Waals surface area contributed by atoms with Crippen molar-refractivity contribution in [2.45, 2.75) is 37.4 Å². The topological polar surface area (TPSA) is 115 Å². The third-order valence-corrected chi connectivity index (χ3v) is 7.31. The SMILES string of the molecule is CC(C)(C)OC(=O)N(c1cscn1)S(=O)(=O)c1cc(Cl)c(N[C@@H](N)c2cccc(Br)c2)cc1F. The summed E-state index contributed by atoms with van der Waals surface area (Å²) >= 11 is 10.7. The zero-order valence-electron chi connectivity index (χ0n) is 18.3. The maximum Gasteiger partial charge on any atom is 0.430 e. The molecule has 0 radical (unpaired) electrons. The Hall–Kier alpha value is -2.25. The van der Waals surface area contributed by atoms with Gasteiger partial charge < -0.3 is 15.8 Å². The van der Waals surface area contributed by atoms with Crippen LogP contribution in [0.25, 0.3) is 0 Å². The molecule has 34 heavy (non-hydrogen) atoms. The first-order valence-electron chi connectivity index (χ1n) is 9.73. The summed E-state index contributed by atoms with van der Waals surface area (Å²) in [5, 5.41) is 4.07. The summed E-state index contributed by atoms with van der Waals surface area (Å²) in [5.41, 5.74) is 7.23. The minimum Gasteiger partial charge on any atom is -0.443 e. The molecule has 3 rings (SSSR count). The van der Waals surface area contributed by atoms with Gasteiger partial charge in [-0.1, -0.05) is 39.7 Å². The van der Waals surface area contributed by atoms with Crippen LogP contribution in [0.4, 0.5) is 20.7 Å². The molecule has 8 nitrogen and oxygen atoms in total. The zero-order chi connectivity index (χ0) is 25.3. The number of thiazole rings is 1. The number of nitrogens with zero attached hydrogens (tertiary/aromatic N) is 2. The maximum absolute atomic E-state index is 15.1. The molecule has 0 saturated heterocycles. The molecular formula is C21H21BrClFN4O4S2. The lowest BCUT2D eigenvalue weighted by Gasteiger charge is -2.26. The number of ether oxygens (including phenoxy) is 1. The van der Waals surface area contributed by atoms with Crippen molar-refractivity contribution in [2.24, 2.45) is 5.73 Å². The molecule has 182 valence electrons. The third-order valence-electron chi connectivity index (χ3n) is 4.25. The molecule has 3 aromatic rings. The quantitative estimate of drug-likeness (QED) is 0.343. The summed E-state index contributed by atoms with van der Waals surface area (Å²) < 4.78 is 48.2. The average molecular weight is 592 g/mol. The maximum atomic E-state index is 15.1. The highest BCUT2D eigenvalue weighted by Crippen LogP contribution is 2.33. The van der Waals surface area contributed by atoms with Crippen LogP contribution in [0.5, 0.6) is 0 Å². The number of hydrogen-bond acceptors (Lipinski definition) is 8. The molecule has 0 aliphatic heterocycles. The van der Waals surface area contributed by atoms with E-state index in [1.54, 1.807) is 39.0 Å². The van der Waals surface area contributed by atoms with Gasteiger partial charge in [-0.15, -0.1) is 15.6 Å². The van der Waals surface area contributed by atoms with E-state index >= 15 is 4.39 Å². The smallest absolute Gasteiger partial charge is 0.430 e. The van der Waals surface area contributed by atoms with E-state index in [1.807, 2.05) is 6.07 Å². The minimum absolute atomic E-state index is 0.0723. The molecule has 0 aliphatic rings. The van der Waals surface area contributed by atoms with Crippen LogP contribution in [-0.4, -0.2) is 25.1 Å². The summed E-state index contributed by atoms with van der Waals surface area (Å²) in [5.74, 6) is -1.37. The Labute approximate surface area is 214 Å². The van der Waals surface area contributed by atoms with Crippen LogP contribution in [-0.2, 0) is 14.8 Å². The second-order valence-corrected chi connectivity index (χ2v) is 11.8. The van der Waals surface area contributed by atoms with E-state index in [0.717, 1.165) is 27.9 Å². The van der Waals surface area contributed by atoms with Crippen molar-refractivity contribution >= 4 is 66.5 Å². The molecule has 1 amide bonds. The molecule has 0 spiro atoms. The molecule has 1 atom stereocenters. The van der Waals surface area contributed by atoms with Gasteiger partial charge in [0.15, 0.2) is 5.82 Å². The fourth-order valence-corrected chi connectivity index (χ4v) is 5.44. The first-order valence-corrected chi connectivity index (χ1v) is 13.3. The second-order valence-electron chi connectivity index (χ2n) is 8.04. The lowest BCUT2D eigenvalue weighted by Crippen LogP contribution is -2.41. The van der Waals surface area contributed by atoms with E-state index in [1.165, 1.54) is 10.9 Å². The highest BCUT2D eigenvalue weighted by molar-refractivity contribution is 9.10. The summed E-state index contributed by atoms with van der Waals surface area (Å²) in [4.78, 5) is 15.8. The number of anilines is 2. The number of carbonyl (C=O) groups is 1. The highest BCUT2D eigenvalue weighted by atomic mass is 79.9. The molecule has 0 bridgehead atoms. The van der Waals surface area contributed by atoms with Gasteiger partial charge in [-0.2, -0.15) is 0 Å². The largest absolute Gasteiger partial charge is 0.443 e. The van der Waals surface area contributed by atoms with Gasteiger partial charge in [-0.3, -0.25) is 0 Å². The Morgan fingerprint density at radius 2 is 2.03 bits per heavy atom. The number of nitrogens with one attached hydrogen (secondary N) is 1. The van der Waals surface area contributed by atoms with Gasteiger partial charge in [0.05, 0.1) is 16.2 Å². The minimum atomic E-state index is -4.77. The van der Waals surface area contributed by atoms with Gasteiger partial charge in [0, 0.05) is 9.85 Å². The van der Waals surface area contributed by atoms with Crippen molar-refractivity contribution in [3.05, 3.63) is 68.2 Å². The van der Waals surface area contributed by atoms with E-state index in [-0.39, 0.29) is 16.5 Å². The summed E-state index contributed by atoms with van der Waals surface area (Å²) in [7, 11) is -4.77. The standard InChI is InChI=1S/C21H21BrClFN4O4S2/c1-21(2,3)32-20(29)28(18-10-33-11-26-18)34(30,31)17-8-14(23)16(9-15(17)24)27-19(25)12-5-4-6-13(22)7-12/h4-11,19,27H,25H2,1-3H3/t19-/m1/s1. The first-order chi connectivity index (χ1) is 15.8. The van der Waals surface area contributed by atoms with Crippen LogP contribution in [0.3, 0.4) is 0 Å². The predicted octanol–water partition coefficient (Wildman–Crippen LogP) is 5.90. The summed E-state index contributed by atoms with van der Waals surface area (Å²) in [6.45, 7) is 4.72. The van der Waals surface area contributed by atoms with E-state index in [0.29, 0.717) is 9.87 Å². The Kier molecular flexibility index (Phi) is 7.88. The Bertz CT molecular complexity index is 1300. The van der Waals surface area contributed by atoms with Gasteiger partial charge in [-0.25, -0.2) is 22.6 Å². The molecule has 2 aromatic carbocycles. The number of nitrogens with two attached hydrogens (primary N) is 1. The van der Waals surface area contributed by atoms with Crippen LogP contribution in [0.15, 0.2) is 56.7 Å². The van der Waals surface area contributed by atoms with Crippen molar-refractivity contribution in [1.82, 2.24) is 4.98 Å². The lowest BCUT2D eigenvalue weighted by atomic mass is 10.1. The molecule has 1 heterocycles. The van der Waals surface area contributed by atoms with Crippen LogP contribution in [0.1, 0.15) is 32.5 Å². The molecule has 13 heteroatoms. The number of benzene rings is 2. The third kappa shape index (κ3) is 6.05. The molecule has 1 aromatic heterocycles. The van der Waals surface area contributed by atoms with E-state index in [9.17, 15) is 13.2 Å². The molecule has 0 fully saturated rings. The normalized spacial score (nSPS) is 12.8. The predicted molar refractivity (Wildman–Crippen MR) is 134 cm³/mol. The number of carbonyl (C=O) groups excluding carboxylic acids is 1. The summed E-state index contributed by atoms with van der Waals surface area (Å²) in [6.07, 6.45) is -1.99. The van der Waals surface area contributed by atoms with Gasteiger partial charge in [0.2, 0.25) is 0 Å². The fourth-order valence-electron chi connectivity index (χ4n) is 2.81. The van der Waals surface area contributed by atoms with E-state index in [4.69, 9.17) is 22.1 Å². The summed E-state index contributed by atoms with van der Waals surface area (Å²) in [6, 6.07) is 8.95. The van der Waals surface area contributed by atoms with Crippen molar-refractivity contribution in [3.63, 3.8) is 0 Å². The van der Waals surface area contributed by atoms with Gasteiger partial charge in [0.1, 0.15) is 22.5 Å². The number of hydrogen-bond donors (Lipinski definition) is 2. The van der Waals surface area contributed by atoms with Crippen molar-refractivity contribution < 1.29 is 22.3 Å². The molecule has 0 aliphatic carbocycles. The molecule has 0 unspecified atom stereocenters. The number of halogens is 3. The highest BCUT2D eigenvalue weighted by Gasteiger charge is 2.38. The number of aromatic nitrogens is 1. The monoisotopic (exact) mass is 590 g/mol. The zero-order valence-corrected chi connectivity index (χ0v) is 22.2. The van der Waals surface area contributed by atoms with Gasteiger partial charge in [0.25, 0.3) is 10.0 Å². The van der Waals surface area contributed by atoms with E-state index in [2.05, 4.69) is 26.2 Å². The Morgan fingerprint density at radius 3 is 2.62 bits per heavy atom. The molecular weight excluding hydrogens is 571 g/mol. The Balaban J connectivity index is 1.99. The van der Waals surface area contributed by atoms with Crippen LogP contribution in [0.2, 0.25) is 5.02 Å². The number of sulfonamides is 1. The van der Waals surface area contributed by atoms with Crippen molar-refractivity contribution in [1.29, 1.82) is 0 Å².